The van der Waals surface area contributed by atoms with Gasteiger partial charge in [-0.15, -0.1) is 0 Å². The van der Waals surface area contributed by atoms with Crippen LogP contribution in [0, 0.1) is 0 Å². The zero-order valence-corrected chi connectivity index (χ0v) is 8.54. The van der Waals surface area contributed by atoms with E-state index in [2.05, 4.69) is 9.97 Å². The van der Waals surface area contributed by atoms with Crippen molar-refractivity contribution in [1.82, 2.24) is 9.97 Å². The summed E-state index contributed by atoms with van der Waals surface area (Å²) < 4.78 is 0. The van der Waals surface area contributed by atoms with Gasteiger partial charge in [0.25, 0.3) is 0 Å². The van der Waals surface area contributed by atoms with Crippen molar-refractivity contribution in [2.24, 2.45) is 0 Å². The first-order chi connectivity index (χ1) is 6.72. The molecule has 0 saturated heterocycles. The Morgan fingerprint density at radius 3 is 2.86 bits per heavy atom. The lowest BCUT2D eigenvalue weighted by molar-refractivity contribution is 1.03. The summed E-state index contributed by atoms with van der Waals surface area (Å²) in [6.07, 6.45) is 0.774. The van der Waals surface area contributed by atoms with Gasteiger partial charge >= 0.3 is 0 Å². The van der Waals surface area contributed by atoms with Crippen LogP contribution in [0.25, 0.3) is 11.0 Å². The second kappa shape index (κ2) is 3.58. The molecule has 0 aliphatic rings. The fourth-order valence-electron chi connectivity index (χ4n) is 1.34. The molecule has 1 aromatic heterocycles. The van der Waals surface area contributed by atoms with Gasteiger partial charge < -0.3 is 0 Å². The number of nitrogens with zero attached hydrogens (tertiary/aromatic N) is 2. The van der Waals surface area contributed by atoms with Crippen molar-refractivity contribution in [3.8, 4) is 0 Å². The molecule has 2 radical (unpaired) electrons. The second-order valence-corrected chi connectivity index (χ2v) is 3.39. The van der Waals surface area contributed by atoms with E-state index in [9.17, 15) is 0 Å². The second-order valence-electron chi connectivity index (χ2n) is 3.03. The van der Waals surface area contributed by atoms with Crippen LogP contribution in [-0.2, 0) is 6.42 Å². The third kappa shape index (κ3) is 1.48. The predicted molar refractivity (Wildman–Crippen MR) is 59.3 cm³/mol. The van der Waals surface area contributed by atoms with Crippen LogP contribution in [0.5, 0.6) is 0 Å². The molecule has 0 unspecified atom stereocenters. The molecule has 14 heavy (non-hydrogen) atoms. The number of rotatable bonds is 1. The highest BCUT2D eigenvalue weighted by Gasteiger charge is 2.05. The maximum absolute atomic E-state index is 5.95. The van der Waals surface area contributed by atoms with E-state index in [4.69, 9.17) is 19.4 Å². The number of fused-ring (bicyclic) bond motifs is 1. The van der Waals surface area contributed by atoms with Gasteiger partial charge in [0.05, 0.1) is 16.7 Å². The van der Waals surface area contributed by atoms with Crippen LogP contribution >= 0.6 is 11.6 Å². The quantitative estimate of drug-likeness (QED) is 0.657. The molecule has 0 saturated carbocycles. The maximum atomic E-state index is 5.95. The minimum Gasteiger partial charge on any atom is -0.248 e. The Labute approximate surface area is 88.7 Å². The molecule has 2 rings (SSSR count). The van der Waals surface area contributed by atoms with Gasteiger partial charge in [0.15, 0.2) is 5.15 Å². The lowest BCUT2D eigenvalue weighted by atomic mass is 9.94. The highest BCUT2D eigenvalue weighted by Crippen LogP contribution is 2.15. The van der Waals surface area contributed by atoms with E-state index in [1.54, 1.807) is 6.07 Å². The summed E-state index contributed by atoms with van der Waals surface area (Å²) in [5.41, 5.74) is 2.89. The number of halogens is 1. The molecule has 2 aromatic rings. The van der Waals surface area contributed by atoms with Crippen LogP contribution < -0.4 is 5.46 Å². The SMILES string of the molecule is [B]c1cccc2nc(CC)c(Cl)nc12. The van der Waals surface area contributed by atoms with Crippen molar-refractivity contribution in [2.45, 2.75) is 13.3 Å². The van der Waals surface area contributed by atoms with E-state index >= 15 is 0 Å². The van der Waals surface area contributed by atoms with Crippen molar-refractivity contribution in [1.29, 1.82) is 0 Å². The Kier molecular flexibility index (Phi) is 2.42. The van der Waals surface area contributed by atoms with Gasteiger partial charge in [0.1, 0.15) is 7.85 Å². The molecule has 0 spiro atoms. The third-order valence-corrected chi connectivity index (χ3v) is 2.39. The minimum atomic E-state index is 0.443. The number of benzene rings is 1. The van der Waals surface area contributed by atoms with Crippen molar-refractivity contribution in [3.05, 3.63) is 29.0 Å². The third-order valence-electron chi connectivity index (χ3n) is 2.08. The number of hydrogen-bond donors (Lipinski definition) is 0. The van der Waals surface area contributed by atoms with Crippen molar-refractivity contribution in [3.63, 3.8) is 0 Å². The Balaban J connectivity index is 2.79. The molecule has 0 fully saturated rings. The molecule has 0 amide bonds. The summed E-state index contributed by atoms with van der Waals surface area (Å²) in [7, 11) is 5.76. The first-order valence-electron chi connectivity index (χ1n) is 4.43. The summed E-state index contributed by atoms with van der Waals surface area (Å²) in [5.74, 6) is 0. The highest BCUT2D eigenvalue weighted by atomic mass is 35.5. The molecule has 68 valence electrons. The predicted octanol–water partition coefficient (Wildman–Crippen LogP) is 1.64. The molecular formula is C10H8BClN2. The smallest absolute Gasteiger partial charge is 0.151 e. The first kappa shape index (κ1) is 9.47. The molecule has 1 heterocycles. The number of aromatic nitrogens is 2. The number of hydrogen-bond acceptors (Lipinski definition) is 2. The standard InChI is InChI=1S/C10H8BClN2/c1-2-7-10(12)14-9-6(11)4-3-5-8(9)13-7/h3-5H,2H2,1H3. The van der Waals surface area contributed by atoms with Gasteiger partial charge in [-0.2, -0.15) is 0 Å². The molecule has 0 N–H and O–H groups in total. The summed E-state index contributed by atoms with van der Waals surface area (Å²) in [6, 6.07) is 5.53. The largest absolute Gasteiger partial charge is 0.248 e. The van der Waals surface area contributed by atoms with Crippen LogP contribution in [0.2, 0.25) is 5.15 Å². The van der Waals surface area contributed by atoms with Gasteiger partial charge in [-0.3, -0.25) is 0 Å². The Morgan fingerprint density at radius 1 is 1.36 bits per heavy atom. The molecular weight excluding hydrogens is 194 g/mol. The summed E-state index contributed by atoms with van der Waals surface area (Å²) in [4.78, 5) is 8.60. The molecule has 0 aliphatic carbocycles. The van der Waals surface area contributed by atoms with Gasteiger partial charge in [-0.25, -0.2) is 9.97 Å². The van der Waals surface area contributed by atoms with E-state index in [0.717, 1.165) is 17.6 Å². The van der Waals surface area contributed by atoms with Crippen molar-refractivity contribution in [2.75, 3.05) is 0 Å². The van der Waals surface area contributed by atoms with Crippen LogP contribution in [0.1, 0.15) is 12.6 Å². The zero-order chi connectivity index (χ0) is 10.1. The average molecular weight is 202 g/mol. The Bertz CT molecular complexity index is 485. The maximum Gasteiger partial charge on any atom is 0.151 e. The molecule has 1 aromatic carbocycles. The Hall–Kier alpha value is -1.09. The summed E-state index contributed by atoms with van der Waals surface area (Å²) >= 11 is 5.95. The van der Waals surface area contributed by atoms with Gasteiger partial charge in [-0.05, 0) is 12.5 Å². The first-order valence-corrected chi connectivity index (χ1v) is 4.80. The van der Waals surface area contributed by atoms with Gasteiger partial charge in [-0.1, -0.05) is 36.1 Å². The van der Waals surface area contributed by atoms with Gasteiger partial charge in [0, 0.05) is 0 Å². The van der Waals surface area contributed by atoms with Crippen molar-refractivity contribution >= 4 is 35.9 Å². The molecule has 0 bridgehead atoms. The van der Waals surface area contributed by atoms with Crippen LogP contribution in [0.15, 0.2) is 18.2 Å². The van der Waals surface area contributed by atoms with Gasteiger partial charge in [0.2, 0.25) is 0 Å². The lowest BCUT2D eigenvalue weighted by Crippen LogP contribution is -2.07. The fourth-order valence-corrected chi connectivity index (χ4v) is 1.60. The average Bonchev–Trinajstić information content (AvgIpc) is 2.19. The summed E-state index contributed by atoms with van der Waals surface area (Å²) in [5, 5.41) is 0.443. The van der Waals surface area contributed by atoms with Crippen molar-refractivity contribution < 1.29 is 0 Å². The lowest BCUT2D eigenvalue weighted by Gasteiger charge is -2.04. The van der Waals surface area contributed by atoms with Crippen LogP contribution in [0.4, 0.5) is 0 Å². The van der Waals surface area contributed by atoms with Crippen LogP contribution in [0.3, 0.4) is 0 Å². The normalized spacial score (nSPS) is 10.7. The zero-order valence-electron chi connectivity index (χ0n) is 7.79. The van der Waals surface area contributed by atoms with E-state index in [1.165, 1.54) is 0 Å². The number of aryl methyl sites for hydroxylation is 1. The van der Waals surface area contributed by atoms with E-state index in [0.29, 0.717) is 16.1 Å². The minimum absolute atomic E-state index is 0.443. The monoisotopic (exact) mass is 202 g/mol. The van der Waals surface area contributed by atoms with E-state index in [1.807, 2.05) is 19.1 Å². The molecule has 4 heteroatoms. The van der Waals surface area contributed by atoms with E-state index < -0.39 is 0 Å². The van der Waals surface area contributed by atoms with Crippen LogP contribution in [-0.4, -0.2) is 17.8 Å². The van der Waals surface area contributed by atoms with E-state index in [-0.39, 0.29) is 0 Å². The summed E-state index contributed by atoms with van der Waals surface area (Å²) in [6.45, 7) is 1.99. The number of para-hydroxylation sites is 1. The Morgan fingerprint density at radius 2 is 2.14 bits per heavy atom. The molecule has 2 nitrogen and oxygen atoms in total. The topological polar surface area (TPSA) is 25.8 Å². The molecule has 0 atom stereocenters. The highest BCUT2D eigenvalue weighted by molar-refractivity contribution is 6.38. The molecule has 0 aliphatic heterocycles. The fraction of sp³-hybridized carbons (Fsp3) is 0.200.